The first kappa shape index (κ1) is 17.9. The van der Waals surface area contributed by atoms with Crippen molar-refractivity contribution in [3.63, 3.8) is 0 Å². The number of aromatic amines is 1. The number of hydrogen-bond donors (Lipinski definition) is 1. The fourth-order valence-electron chi connectivity index (χ4n) is 4.52. The Morgan fingerprint density at radius 2 is 2.00 bits per heavy atom. The summed E-state index contributed by atoms with van der Waals surface area (Å²) < 4.78 is 21.5. The first-order valence-corrected chi connectivity index (χ1v) is 9.97. The molecule has 2 aromatic carbocycles. The van der Waals surface area contributed by atoms with E-state index in [2.05, 4.69) is 33.0 Å². The number of aryl methyl sites for hydroxylation is 1. The van der Waals surface area contributed by atoms with E-state index < -0.39 is 0 Å². The molecule has 0 radical (unpaired) electrons. The van der Waals surface area contributed by atoms with Crippen molar-refractivity contribution in [2.75, 3.05) is 13.2 Å². The number of ether oxygens (including phenoxy) is 1. The maximum Gasteiger partial charge on any atom is 0.123 e. The Morgan fingerprint density at radius 1 is 1.21 bits per heavy atom. The molecule has 29 heavy (non-hydrogen) atoms. The summed E-state index contributed by atoms with van der Waals surface area (Å²) in [6, 6.07) is 13.2. The van der Waals surface area contributed by atoms with E-state index in [9.17, 15) is 9.65 Å². The first-order chi connectivity index (χ1) is 14.3. The number of aromatic nitrogens is 3. The van der Waals surface area contributed by atoms with Crippen LogP contribution in [0, 0.1) is 17.1 Å². The second kappa shape index (κ2) is 7.34. The number of H-pyrrole nitrogens is 1. The maximum atomic E-state index is 13.6. The van der Waals surface area contributed by atoms with Gasteiger partial charge in [-0.15, -0.1) is 0 Å². The lowest BCUT2D eigenvalue weighted by Crippen LogP contribution is -2.18. The van der Waals surface area contributed by atoms with Gasteiger partial charge in [-0.25, -0.2) is 4.39 Å². The fraction of sp³-hybridized carbons (Fsp3) is 0.304. The zero-order chi connectivity index (χ0) is 19.8. The standard InChI is InChI=1S/C23H21FN4O/c24-17-3-5-18(6-4-17)28-22-12-16-14-26-27-21(16)13-20(22)19(2-1-9-25)23(28)15-7-10-29-11-8-15/h3-6,12-15H,1-2,7-8,10-11H2,(H,26,27). The maximum absolute atomic E-state index is 13.6. The lowest BCUT2D eigenvalue weighted by Gasteiger charge is -2.25. The Balaban J connectivity index is 1.84. The summed E-state index contributed by atoms with van der Waals surface area (Å²) >= 11 is 0. The highest BCUT2D eigenvalue weighted by Crippen LogP contribution is 2.40. The van der Waals surface area contributed by atoms with Crippen LogP contribution >= 0.6 is 0 Å². The van der Waals surface area contributed by atoms with Crippen LogP contribution < -0.4 is 0 Å². The van der Waals surface area contributed by atoms with Gasteiger partial charge in [0.25, 0.3) is 0 Å². The Hall–Kier alpha value is -3.17. The smallest absolute Gasteiger partial charge is 0.123 e. The van der Waals surface area contributed by atoms with E-state index in [1.165, 1.54) is 23.4 Å². The van der Waals surface area contributed by atoms with Gasteiger partial charge in [-0.3, -0.25) is 5.10 Å². The van der Waals surface area contributed by atoms with E-state index in [1.807, 2.05) is 18.3 Å². The minimum absolute atomic E-state index is 0.250. The molecule has 1 saturated heterocycles. The third kappa shape index (κ3) is 3.08. The van der Waals surface area contributed by atoms with Crippen molar-refractivity contribution in [1.82, 2.24) is 14.8 Å². The van der Waals surface area contributed by atoms with Crippen LogP contribution in [-0.4, -0.2) is 28.0 Å². The van der Waals surface area contributed by atoms with Crippen LogP contribution in [0.2, 0.25) is 0 Å². The number of nitriles is 1. The van der Waals surface area contributed by atoms with Crippen molar-refractivity contribution in [2.45, 2.75) is 31.6 Å². The average Bonchev–Trinajstić information content (AvgIpc) is 3.33. The molecule has 3 heterocycles. The largest absolute Gasteiger partial charge is 0.381 e. The third-order valence-electron chi connectivity index (χ3n) is 5.85. The predicted octanol–water partition coefficient (Wildman–Crippen LogP) is 5.00. The Labute approximate surface area is 167 Å². The highest BCUT2D eigenvalue weighted by atomic mass is 19.1. The number of nitrogens with one attached hydrogen (secondary N) is 1. The van der Waals surface area contributed by atoms with Crippen LogP contribution in [0.25, 0.3) is 27.5 Å². The molecule has 0 unspecified atom stereocenters. The van der Waals surface area contributed by atoms with Crippen molar-refractivity contribution in [1.29, 1.82) is 5.26 Å². The van der Waals surface area contributed by atoms with Gasteiger partial charge in [0, 0.05) is 47.7 Å². The van der Waals surface area contributed by atoms with E-state index in [-0.39, 0.29) is 5.82 Å². The fourth-order valence-corrected chi connectivity index (χ4v) is 4.52. The summed E-state index contributed by atoms with van der Waals surface area (Å²) in [6.07, 6.45) is 4.85. The molecule has 0 spiro atoms. The molecule has 5 nitrogen and oxygen atoms in total. The van der Waals surface area contributed by atoms with Gasteiger partial charge in [0.2, 0.25) is 0 Å². The van der Waals surface area contributed by atoms with Crippen molar-refractivity contribution in [3.05, 3.63) is 59.7 Å². The lowest BCUT2D eigenvalue weighted by molar-refractivity contribution is 0.0841. The van der Waals surface area contributed by atoms with Crippen LogP contribution in [-0.2, 0) is 11.2 Å². The van der Waals surface area contributed by atoms with Crippen molar-refractivity contribution < 1.29 is 9.13 Å². The molecule has 0 atom stereocenters. The van der Waals surface area contributed by atoms with E-state index in [1.54, 1.807) is 0 Å². The summed E-state index contributed by atoms with van der Waals surface area (Å²) in [4.78, 5) is 0. The Bertz CT molecular complexity index is 1210. The highest BCUT2D eigenvalue weighted by molar-refractivity contribution is 5.98. The number of halogens is 1. The molecule has 1 N–H and O–H groups in total. The van der Waals surface area contributed by atoms with Gasteiger partial charge in [0.15, 0.2) is 0 Å². The van der Waals surface area contributed by atoms with Gasteiger partial charge in [0.05, 0.1) is 23.3 Å². The minimum Gasteiger partial charge on any atom is -0.381 e. The van der Waals surface area contributed by atoms with Crippen molar-refractivity contribution >= 4 is 21.8 Å². The van der Waals surface area contributed by atoms with Crippen molar-refractivity contribution in [2.24, 2.45) is 0 Å². The third-order valence-corrected chi connectivity index (χ3v) is 5.85. The van der Waals surface area contributed by atoms with Crippen LogP contribution in [0.15, 0.2) is 42.6 Å². The molecule has 1 fully saturated rings. The normalized spacial score (nSPS) is 15.2. The quantitative estimate of drug-likeness (QED) is 0.535. The number of benzene rings is 2. The van der Waals surface area contributed by atoms with Crippen LogP contribution in [0.4, 0.5) is 4.39 Å². The molecule has 0 aliphatic carbocycles. The Kier molecular flexibility index (Phi) is 4.53. The molecule has 4 aromatic rings. The first-order valence-electron chi connectivity index (χ1n) is 9.97. The highest BCUT2D eigenvalue weighted by Gasteiger charge is 2.27. The second-order valence-electron chi connectivity index (χ2n) is 7.55. The number of fused-ring (bicyclic) bond motifs is 2. The summed E-state index contributed by atoms with van der Waals surface area (Å²) in [5.74, 6) is 0.0890. The van der Waals surface area contributed by atoms with Gasteiger partial charge in [0.1, 0.15) is 5.82 Å². The summed E-state index contributed by atoms with van der Waals surface area (Å²) in [6.45, 7) is 1.47. The Morgan fingerprint density at radius 3 is 2.76 bits per heavy atom. The van der Waals surface area contributed by atoms with Gasteiger partial charge in [-0.1, -0.05) is 0 Å². The van der Waals surface area contributed by atoms with Crippen LogP contribution in [0.5, 0.6) is 0 Å². The minimum atomic E-state index is -0.250. The zero-order valence-electron chi connectivity index (χ0n) is 16.0. The van der Waals surface area contributed by atoms with Gasteiger partial charge in [-0.05, 0) is 61.2 Å². The van der Waals surface area contributed by atoms with Gasteiger partial charge >= 0.3 is 0 Å². The van der Waals surface area contributed by atoms with Gasteiger partial charge in [-0.2, -0.15) is 10.4 Å². The summed E-state index contributed by atoms with van der Waals surface area (Å²) in [7, 11) is 0. The van der Waals surface area contributed by atoms with E-state index in [0.29, 0.717) is 18.8 Å². The number of hydrogen-bond acceptors (Lipinski definition) is 3. The monoisotopic (exact) mass is 388 g/mol. The molecule has 146 valence electrons. The molecule has 5 rings (SSSR count). The van der Waals surface area contributed by atoms with E-state index >= 15 is 0 Å². The molecule has 2 aromatic heterocycles. The average molecular weight is 388 g/mol. The van der Waals surface area contributed by atoms with Crippen molar-refractivity contribution in [3.8, 4) is 11.8 Å². The topological polar surface area (TPSA) is 66.6 Å². The van der Waals surface area contributed by atoms with Gasteiger partial charge < -0.3 is 9.30 Å². The second-order valence-corrected chi connectivity index (χ2v) is 7.55. The molecule has 0 saturated carbocycles. The van der Waals surface area contributed by atoms with E-state index in [4.69, 9.17) is 4.74 Å². The molecule has 6 heteroatoms. The van der Waals surface area contributed by atoms with Crippen LogP contribution in [0.1, 0.15) is 36.4 Å². The number of rotatable bonds is 4. The molecular formula is C23H21FN4O. The predicted molar refractivity (Wildman–Crippen MR) is 110 cm³/mol. The molecular weight excluding hydrogens is 367 g/mol. The SMILES string of the molecule is N#CCCc1c(C2CCOCC2)n(-c2ccc(F)cc2)c2cc3cn[nH]c3cc12. The van der Waals surface area contributed by atoms with E-state index in [0.717, 1.165) is 53.5 Å². The van der Waals surface area contributed by atoms with Crippen LogP contribution in [0.3, 0.4) is 0 Å². The summed E-state index contributed by atoms with van der Waals surface area (Å²) in [5.41, 5.74) is 5.41. The lowest BCUT2D eigenvalue weighted by atomic mass is 9.91. The molecule has 0 amide bonds. The zero-order valence-corrected chi connectivity index (χ0v) is 16.0. The molecule has 0 bridgehead atoms. The molecule has 1 aliphatic rings. The molecule has 1 aliphatic heterocycles. The number of nitrogens with zero attached hydrogens (tertiary/aromatic N) is 3. The summed E-state index contributed by atoms with van der Waals surface area (Å²) in [5, 5.41) is 18.6.